The topological polar surface area (TPSA) is 73.9 Å². The van der Waals surface area contributed by atoms with E-state index in [0.29, 0.717) is 33.0 Å². The number of halogens is 2. The third-order valence-corrected chi connectivity index (χ3v) is 5.00. The summed E-state index contributed by atoms with van der Waals surface area (Å²) in [7, 11) is 0. The Hall–Kier alpha value is -2.32. The van der Waals surface area contributed by atoms with Crippen LogP contribution in [0, 0.1) is 5.82 Å². The number of nitrogens with zero attached hydrogens (tertiary/aromatic N) is 1. The molecule has 0 aromatic heterocycles. The van der Waals surface area contributed by atoms with Gasteiger partial charge in [-0.25, -0.2) is 4.39 Å². The molecule has 8 heteroatoms. The van der Waals surface area contributed by atoms with Gasteiger partial charge in [0.05, 0.1) is 16.0 Å². The van der Waals surface area contributed by atoms with Gasteiger partial charge in [-0.3, -0.25) is 4.79 Å². The summed E-state index contributed by atoms with van der Waals surface area (Å²) in [6.07, 6.45) is 1.68. The highest BCUT2D eigenvalue weighted by molar-refractivity contribution is 9.10. The monoisotopic (exact) mass is 450 g/mol. The van der Waals surface area contributed by atoms with Gasteiger partial charge in [-0.05, 0) is 64.5 Å². The second kappa shape index (κ2) is 8.58. The number of rotatable bonds is 6. The van der Waals surface area contributed by atoms with Crippen molar-refractivity contribution >= 4 is 44.8 Å². The Balaban J connectivity index is 1.87. The first-order valence-electron chi connectivity index (χ1n) is 8.08. The Morgan fingerprint density at radius 2 is 2.07 bits per heavy atom. The number of hydrogen-bond acceptors (Lipinski definition) is 5. The van der Waals surface area contributed by atoms with Gasteiger partial charge in [-0.1, -0.05) is 18.2 Å². The van der Waals surface area contributed by atoms with Crippen molar-refractivity contribution in [1.29, 1.82) is 0 Å². The van der Waals surface area contributed by atoms with Crippen LogP contribution in [0.5, 0.6) is 11.5 Å². The molecule has 3 rings (SSSR count). The Kier molecular flexibility index (Phi) is 6.18. The molecule has 0 spiro atoms. The third-order valence-electron chi connectivity index (χ3n) is 3.60. The van der Waals surface area contributed by atoms with Gasteiger partial charge in [0.15, 0.2) is 16.7 Å². The van der Waals surface area contributed by atoms with Crippen molar-refractivity contribution in [3.63, 3.8) is 0 Å². The van der Waals surface area contributed by atoms with Crippen LogP contribution < -0.4 is 15.2 Å². The second-order valence-electron chi connectivity index (χ2n) is 5.51. The van der Waals surface area contributed by atoms with Gasteiger partial charge in [-0.2, -0.15) is 4.99 Å². The zero-order valence-electron chi connectivity index (χ0n) is 14.4. The van der Waals surface area contributed by atoms with Crippen LogP contribution in [-0.4, -0.2) is 17.7 Å². The minimum atomic E-state index is -0.369. The van der Waals surface area contributed by atoms with Crippen LogP contribution in [-0.2, 0) is 11.4 Å². The first-order chi connectivity index (χ1) is 13.0. The highest BCUT2D eigenvalue weighted by Gasteiger charge is 2.20. The van der Waals surface area contributed by atoms with Crippen LogP contribution in [0.4, 0.5) is 4.39 Å². The van der Waals surface area contributed by atoms with Crippen LogP contribution in [0.1, 0.15) is 18.1 Å². The van der Waals surface area contributed by atoms with Gasteiger partial charge >= 0.3 is 0 Å². The molecular weight excluding hydrogens is 435 g/mol. The molecule has 0 saturated carbocycles. The maximum absolute atomic E-state index is 13.8. The zero-order chi connectivity index (χ0) is 19.4. The lowest BCUT2D eigenvalue weighted by molar-refractivity contribution is -0.113. The molecule has 0 aliphatic carbocycles. The molecule has 2 aromatic rings. The van der Waals surface area contributed by atoms with E-state index in [2.05, 4.69) is 20.9 Å². The molecular formula is C19H16BrFN2O3S. The second-order valence-corrected chi connectivity index (χ2v) is 7.43. The van der Waals surface area contributed by atoms with E-state index in [1.807, 2.05) is 6.92 Å². The average molecular weight is 451 g/mol. The van der Waals surface area contributed by atoms with E-state index in [-0.39, 0.29) is 23.5 Å². The molecule has 0 saturated heterocycles. The minimum Gasteiger partial charge on any atom is -0.490 e. The minimum absolute atomic E-state index is 0.0600. The summed E-state index contributed by atoms with van der Waals surface area (Å²) in [6, 6.07) is 9.96. The number of amides is 1. The van der Waals surface area contributed by atoms with Gasteiger partial charge < -0.3 is 15.2 Å². The molecule has 2 N–H and O–H groups in total. The third kappa shape index (κ3) is 4.70. The molecule has 140 valence electrons. The van der Waals surface area contributed by atoms with Crippen molar-refractivity contribution in [3.8, 4) is 11.5 Å². The standard InChI is InChI=1S/C19H16BrFN2O3S/c1-2-25-15-8-11(9-16-18(24)23-19(22)27-16)7-13(20)17(15)26-10-12-5-3-4-6-14(12)21/h3-9H,2,10H2,1H3,(H2,22,23,24)/b16-9+. The molecule has 0 bridgehead atoms. The summed E-state index contributed by atoms with van der Waals surface area (Å²) in [5.41, 5.74) is 6.74. The molecule has 1 heterocycles. The molecule has 0 unspecified atom stereocenters. The first kappa shape index (κ1) is 19.4. The number of aliphatic imine (C=N–C) groups is 1. The van der Waals surface area contributed by atoms with Crippen LogP contribution in [0.3, 0.4) is 0 Å². The average Bonchev–Trinajstić information content (AvgIpc) is 2.93. The highest BCUT2D eigenvalue weighted by Crippen LogP contribution is 2.39. The van der Waals surface area contributed by atoms with Crippen molar-refractivity contribution in [2.75, 3.05) is 6.61 Å². The molecule has 5 nitrogen and oxygen atoms in total. The molecule has 0 radical (unpaired) electrons. The lowest BCUT2D eigenvalue weighted by Gasteiger charge is -2.15. The number of nitrogens with two attached hydrogens (primary N) is 1. The van der Waals surface area contributed by atoms with Crippen molar-refractivity contribution in [2.45, 2.75) is 13.5 Å². The Labute approximate surface area is 168 Å². The number of thioether (sulfide) groups is 1. The fourth-order valence-electron chi connectivity index (χ4n) is 2.42. The Morgan fingerprint density at radius 1 is 1.30 bits per heavy atom. The summed E-state index contributed by atoms with van der Waals surface area (Å²) < 4.78 is 25.9. The SMILES string of the molecule is CCOc1cc(/C=C2/SC(N)=NC2=O)cc(Br)c1OCc1ccccc1F. The Morgan fingerprint density at radius 3 is 2.74 bits per heavy atom. The smallest absolute Gasteiger partial charge is 0.286 e. The maximum Gasteiger partial charge on any atom is 0.286 e. The predicted octanol–water partition coefficient (Wildman–Crippen LogP) is 4.49. The summed E-state index contributed by atoms with van der Waals surface area (Å²) in [6.45, 7) is 2.33. The van der Waals surface area contributed by atoms with E-state index >= 15 is 0 Å². The van der Waals surface area contributed by atoms with Crippen LogP contribution >= 0.6 is 27.7 Å². The largest absolute Gasteiger partial charge is 0.490 e. The number of benzene rings is 2. The summed E-state index contributed by atoms with van der Waals surface area (Å²) in [5, 5.41) is 0.222. The molecule has 1 amide bonds. The van der Waals surface area contributed by atoms with Gasteiger partial charge in [0.25, 0.3) is 5.91 Å². The molecule has 0 atom stereocenters. The molecule has 1 aliphatic heterocycles. The number of carbonyl (C=O) groups is 1. The fourth-order valence-corrected chi connectivity index (χ4v) is 3.67. The van der Waals surface area contributed by atoms with Crippen molar-refractivity contribution in [3.05, 3.63) is 62.7 Å². The molecule has 1 aliphatic rings. The molecule has 27 heavy (non-hydrogen) atoms. The predicted molar refractivity (Wildman–Crippen MR) is 108 cm³/mol. The maximum atomic E-state index is 13.8. The molecule has 2 aromatic carbocycles. The van der Waals surface area contributed by atoms with E-state index in [1.165, 1.54) is 6.07 Å². The van der Waals surface area contributed by atoms with Gasteiger partial charge in [0.1, 0.15) is 12.4 Å². The van der Waals surface area contributed by atoms with Gasteiger partial charge in [0.2, 0.25) is 0 Å². The van der Waals surface area contributed by atoms with Crippen molar-refractivity contribution in [1.82, 2.24) is 0 Å². The summed E-state index contributed by atoms with van der Waals surface area (Å²) in [4.78, 5) is 15.9. The number of amidine groups is 1. The van der Waals surface area contributed by atoms with Gasteiger partial charge in [0, 0.05) is 5.56 Å². The number of hydrogen-bond donors (Lipinski definition) is 1. The van der Waals surface area contributed by atoms with Crippen LogP contribution in [0.25, 0.3) is 6.08 Å². The quantitative estimate of drug-likeness (QED) is 0.655. The summed E-state index contributed by atoms with van der Waals surface area (Å²) in [5.74, 6) is 0.247. The first-order valence-corrected chi connectivity index (χ1v) is 9.69. The van der Waals surface area contributed by atoms with E-state index in [9.17, 15) is 9.18 Å². The van der Waals surface area contributed by atoms with Crippen molar-refractivity contribution in [2.24, 2.45) is 10.7 Å². The zero-order valence-corrected chi connectivity index (χ0v) is 16.8. The number of ether oxygens (including phenoxy) is 2. The van der Waals surface area contributed by atoms with Gasteiger partial charge in [-0.15, -0.1) is 0 Å². The highest BCUT2D eigenvalue weighted by atomic mass is 79.9. The molecule has 0 fully saturated rings. The van der Waals surface area contributed by atoms with Crippen LogP contribution in [0.2, 0.25) is 0 Å². The van der Waals surface area contributed by atoms with E-state index in [1.54, 1.807) is 36.4 Å². The van der Waals surface area contributed by atoms with E-state index in [4.69, 9.17) is 15.2 Å². The van der Waals surface area contributed by atoms with E-state index in [0.717, 1.165) is 17.3 Å². The lowest BCUT2D eigenvalue weighted by atomic mass is 10.1. The van der Waals surface area contributed by atoms with E-state index < -0.39 is 0 Å². The summed E-state index contributed by atoms with van der Waals surface area (Å²) >= 11 is 4.58. The normalized spacial score (nSPS) is 15.1. The number of carbonyl (C=O) groups excluding carboxylic acids is 1. The Bertz CT molecular complexity index is 947. The van der Waals surface area contributed by atoms with Crippen molar-refractivity contribution < 1.29 is 18.7 Å². The fraction of sp³-hybridized carbons (Fsp3) is 0.158. The lowest BCUT2D eigenvalue weighted by Crippen LogP contribution is -2.02. The van der Waals surface area contributed by atoms with Crippen LogP contribution in [0.15, 0.2) is 50.8 Å².